The second-order valence-electron chi connectivity index (χ2n) is 5.23. The van der Waals surface area contributed by atoms with Crippen LogP contribution in [0, 0.1) is 0 Å². The number of rotatable bonds is 6. The van der Waals surface area contributed by atoms with Crippen molar-refractivity contribution < 1.29 is 14.2 Å². The lowest BCUT2D eigenvalue weighted by Crippen LogP contribution is -2.12. The van der Waals surface area contributed by atoms with Crippen LogP contribution in [0.2, 0.25) is 0 Å². The minimum Gasteiger partial charge on any atom is -0.487 e. The van der Waals surface area contributed by atoms with Crippen LogP contribution in [0.5, 0.6) is 17.2 Å². The second kappa shape index (κ2) is 5.51. The molecule has 1 fully saturated rings. The first-order valence-corrected chi connectivity index (χ1v) is 6.69. The molecule has 0 unspecified atom stereocenters. The Labute approximate surface area is 109 Å². The van der Waals surface area contributed by atoms with Crippen molar-refractivity contribution in [2.24, 2.45) is 0 Å². The molecule has 1 saturated carbocycles. The summed E-state index contributed by atoms with van der Waals surface area (Å²) in [5.74, 6) is 2.29. The molecule has 0 bridgehead atoms. The summed E-state index contributed by atoms with van der Waals surface area (Å²) < 4.78 is 17.5. The first-order chi connectivity index (χ1) is 8.56. The van der Waals surface area contributed by atoms with Crippen molar-refractivity contribution in [3.8, 4) is 17.2 Å². The molecule has 1 aromatic carbocycles. The smallest absolute Gasteiger partial charge is 0.203 e. The zero-order valence-corrected chi connectivity index (χ0v) is 11.6. The van der Waals surface area contributed by atoms with Crippen LogP contribution < -0.4 is 14.2 Å². The number of hydrogen-bond acceptors (Lipinski definition) is 3. The molecule has 2 rings (SSSR count). The van der Waals surface area contributed by atoms with E-state index >= 15 is 0 Å². The van der Waals surface area contributed by atoms with Crippen molar-refractivity contribution in [1.29, 1.82) is 0 Å². The third-order valence-electron chi connectivity index (χ3n) is 2.48. The molecule has 0 heterocycles. The number of ether oxygens (including phenoxy) is 3. The van der Waals surface area contributed by atoms with Gasteiger partial charge in [0.15, 0.2) is 11.5 Å². The molecular weight excluding hydrogens is 228 g/mol. The van der Waals surface area contributed by atoms with Crippen LogP contribution in [0.3, 0.4) is 0 Å². The fraction of sp³-hybridized carbons (Fsp3) is 0.600. The quantitative estimate of drug-likeness (QED) is 0.768. The maximum absolute atomic E-state index is 5.87. The molecule has 1 aromatic rings. The van der Waals surface area contributed by atoms with E-state index in [1.54, 1.807) is 0 Å². The first-order valence-electron chi connectivity index (χ1n) is 6.69. The molecule has 0 aromatic heterocycles. The average molecular weight is 250 g/mol. The van der Waals surface area contributed by atoms with Gasteiger partial charge < -0.3 is 14.2 Å². The lowest BCUT2D eigenvalue weighted by Gasteiger charge is -2.19. The SMILES string of the molecule is CC(C)Oc1cccc(OC2CC2)c1OC(C)C. The molecule has 1 aliphatic carbocycles. The Morgan fingerprint density at radius 2 is 1.56 bits per heavy atom. The molecule has 0 saturated heterocycles. The molecule has 18 heavy (non-hydrogen) atoms. The summed E-state index contributed by atoms with van der Waals surface area (Å²) in [6, 6.07) is 5.82. The Hall–Kier alpha value is -1.38. The van der Waals surface area contributed by atoms with Crippen molar-refractivity contribution in [2.75, 3.05) is 0 Å². The van der Waals surface area contributed by atoms with E-state index < -0.39 is 0 Å². The highest BCUT2D eigenvalue weighted by atomic mass is 16.6. The van der Waals surface area contributed by atoms with Crippen molar-refractivity contribution in [1.82, 2.24) is 0 Å². The van der Waals surface area contributed by atoms with E-state index in [1.807, 2.05) is 45.9 Å². The van der Waals surface area contributed by atoms with Gasteiger partial charge in [-0.05, 0) is 52.7 Å². The van der Waals surface area contributed by atoms with E-state index in [1.165, 1.54) is 0 Å². The Bertz CT molecular complexity index is 372. The molecule has 100 valence electrons. The molecular formula is C15H22O3. The molecule has 0 radical (unpaired) electrons. The predicted octanol–water partition coefficient (Wildman–Crippen LogP) is 3.80. The van der Waals surface area contributed by atoms with Crippen LogP contribution in [-0.4, -0.2) is 18.3 Å². The highest BCUT2D eigenvalue weighted by Gasteiger charge is 2.26. The van der Waals surface area contributed by atoms with Crippen molar-refractivity contribution in [3.63, 3.8) is 0 Å². The summed E-state index contributed by atoms with van der Waals surface area (Å²) in [4.78, 5) is 0. The van der Waals surface area contributed by atoms with Crippen LogP contribution >= 0.6 is 0 Å². The Morgan fingerprint density at radius 3 is 2.11 bits per heavy atom. The minimum atomic E-state index is 0.100. The predicted molar refractivity (Wildman–Crippen MR) is 71.6 cm³/mol. The van der Waals surface area contributed by atoms with E-state index in [0.717, 1.165) is 30.1 Å². The molecule has 0 atom stereocenters. The maximum atomic E-state index is 5.87. The summed E-state index contributed by atoms with van der Waals surface area (Å²) in [5, 5.41) is 0. The third-order valence-corrected chi connectivity index (χ3v) is 2.48. The van der Waals surface area contributed by atoms with Gasteiger partial charge in [-0.25, -0.2) is 0 Å². The van der Waals surface area contributed by atoms with Gasteiger partial charge in [-0.1, -0.05) is 6.07 Å². The fourth-order valence-corrected chi connectivity index (χ4v) is 1.65. The number of hydrogen-bond donors (Lipinski definition) is 0. The van der Waals surface area contributed by atoms with Gasteiger partial charge in [-0.15, -0.1) is 0 Å². The van der Waals surface area contributed by atoms with Crippen LogP contribution in [0.4, 0.5) is 0 Å². The topological polar surface area (TPSA) is 27.7 Å². The van der Waals surface area contributed by atoms with E-state index in [2.05, 4.69) is 0 Å². The lowest BCUT2D eigenvalue weighted by atomic mass is 10.2. The molecule has 0 aliphatic heterocycles. The summed E-state index contributed by atoms with van der Waals surface area (Å²) in [6.07, 6.45) is 2.85. The van der Waals surface area contributed by atoms with Gasteiger partial charge in [-0.2, -0.15) is 0 Å². The normalized spacial score (nSPS) is 15.0. The number of benzene rings is 1. The van der Waals surface area contributed by atoms with Crippen LogP contribution in [-0.2, 0) is 0 Å². The summed E-state index contributed by atoms with van der Waals surface area (Å²) >= 11 is 0. The standard InChI is InChI=1S/C15H22O3/c1-10(2)16-13-6-5-7-14(18-12-8-9-12)15(13)17-11(3)4/h5-7,10-12H,8-9H2,1-4H3. The van der Waals surface area contributed by atoms with Gasteiger partial charge in [0, 0.05) is 0 Å². The second-order valence-corrected chi connectivity index (χ2v) is 5.23. The summed E-state index contributed by atoms with van der Waals surface area (Å²) in [5.41, 5.74) is 0. The van der Waals surface area contributed by atoms with Gasteiger partial charge >= 0.3 is 0 Å². The molecule has 1 aliphatic rings. The van der Waals surface area contributed by atoms with Gasteiger partial charge in [0.05, 0.1) is 18.3 Å². The highest BCUT2D eigenvalue weighted by Crippen LogP contribution is 2.41. The monoisotopic (exact) mass is 250 g/mol. The third kappa shape index (κ3) is 3.56. The molecule has 3 nitrogen and oxygen atoms in total. The first kappa shape index (κ1) is 13.1. The Morgan fingerprint density at radius 1 is 0.944 bits per heavy atom. The summed E-state index contributed by atoms with van der Waals surface area (Å²) in [6.45, 7) is 8.03. The Kier molecular flexibility index (Phi) is 4.00. The Balaban J connectivity index is 2.25. The zero-order valence-electron chi connectivity index (χ0n) is 11.6. The minimum absolute atomic E-state index is 0.100. The van der Waals surface area contributed by atoms with E-state index in [0.29, 0.717) is 6.10 Å². The van der Waals surface area contributed by atoms with Gasteiger partial charge in [0.1, 0.15) is 0 Å². The van der Waals surface area contributed by atoms with Gasteiger partial charge in [0.25, 0.3) is 0 Å². The molecule has 0 spiro atoms. The van der Waals surface area contributed by atoms with E-state index in [-0.39, 0.29) is 12.2 Å². The lowest BCUT2D eigenvalue weighted by molar-refractivity contribution is 0.185. The van der Waals surface area contributed by atoms with Crippen LogP contribution in [0.15, 0.2) is 18.2 Å². The highest BCUT2D eigenvalue weighted by molar-refractivity contribution is 5.51. The van der Waals surface area contributed by atoms with Crippen molar-refractivity contribution >= 4 is 0 Å². The van der Waals surface area contributed by atoms with Crippen LogP contribution in [0.1, 0.15) is 40.5 Å². The van der Waals surface area contributed by atoms with E-state index in [9.17, 15) is 0 Å². The molecule has 3 heteroatoms. The largest absolute Gasteiger partial charge is 0.487 e. The average Bonchev–Trinajstić information content (AvgIpc) is 3.05. The zero-order chi connectivity index (χ0) is 13.1. The molecule has 0 amide bonds. The van der Waals surface area contributed by atoms with Gasteiger partial charge in [0.2, 0.25) is 5.75 Å². The summed E-state index contributed by atoms with van der Waals surface area (Å²) in [7, 11) is 0. The fourth-order valence-electron chi connectivity index (χ4n) is 1.65. The van der Waals surface area contributed by atoms with Crippen molar-refractivity contribution in [2.45, 2.75) is 58.8 Å². The molecule has 0 N–H and O–H groups in total. The van der Waals surface area contributed by atoms with Crippen LogP contribution in [0.25, 0.3) is 0 Å². The number of para-hydroxylation sites is 1. The van der Waals surface area contributed by atoms with E-state index in [4.69, 9.17) is 14.2 Å². The maximum Gasteiger partial charge on any atom is 0.203 e. The van der Waals surface area contributed by atoms with Gasteiger partial charge in [-0.3, -0.25) is 0 Å². The van der Waals surface area contributed by atoms with Crippen molar-refractivity contribution in [3.05, 3.63) is 18.2 Å².